The zero-order valence-electron chi connectivity index (χ0n) is 14.1. The first kappa shape index (κ1) is 16.8. The van der Waals surface area contributed by atoms with Crippen molar-refractivity contribution in [3.8, 4) is 28.0 Å². The fraction of sp³-hybridized carbons (Fsp3) is 0.136. The summed E-state index contributed by atoms with van der Waals surface area (Å²) in [5.41, 5.74) is 4.62. The maximum Gasteiger partial charge on any atom is 0.335 e. The van der Waals surface area contributed by atoms with Gasteiger partial charge in [-0.25, -0.2) is 4.79 Å². The molecule has 0 unspecified atom stereocenters. The van der Waals surface area contributed by atoms with Crippen molar-refractivity contribution in [1.82, 2.24) is 0 Å². The minimum absolute atomic E-state index is 0.297. The van der Waals surface area contributed by atoms with Gasteiger partial charge in [0.15, 0.2) is 0 Å². The first-order chi connectivity index (χ1) is 12.2. The maximum absolute atomic E-state index is 10.9. The Labute approximate surface area is 147 Å². The van der Waals surface area contributed by atoms with Crippen molar-refractivity contribution >= 4 is 5.97 Å². The number of ether oxygens (including phenoxy) is 1. The Kier molecular flexibility index (Phi) is 5.14. The van der Waals surface area contributed by atoms with Crippen LogP contribution in [0.2, 0.25) is 0 Å². The van der Waals surface area contributed by atoms with E-state index in [2.05, 4.69) is 31.2 Å². The molecule has 0 aliphatic heterocycles. The van der Waals surface area contributed by atoms with E-state index in [4.69, 9.17) is 9.84 Å². The molecular formula is C22H20O3. The first-order valence-corrected chi connectivity index (χ1v) is 8.34. The molecule has 0 atom stereocenters. The summed E-state index contributed by atoms with van der Waals surface area (Å²) in [6.07, 6.45) is 0.997. The zero-order chi connectivity index (χ0) is 17.6. The van der Waals surface area contributed by atoms with Crippen LogP contribution in [0.4, 0.5) is 0 Å². The van der Waals surface area contributed by atoms with E-state index in [9.17, 15) is 4.79 Å². The van der Waals surface area contributed by atoms with E-state index in [0.29, 0.717) is 5.56 Å². The van der Waals surface area contributed by atoms with E-state index in [1.807, 2.05) is 36.4 Å². The number of hydrogen-bond donors (Lipinski definition) is 1. The molecule has 0 saturated carbocycles. The standard InChI is InChI=1S/C22H20O3/c1-2-15-25-21-13-11-19(12-14-21)17-5-3-16(4-6-17)18-7-9-20(10-8-18)22(23)24/h3-14H,2,15H2,1H3,(H,23,24). The van der Waals surface area contributed by atoms with Gasteiger partial charge in [-0.2, -0.15) is 0 Å². The molecule has 0 heterocycles. The lowest BCUT2D eigenvalue weighted by Gasteiger charge is -2.08. The number of rotatable bonds is 6. The maximum atomic E-state index is 10.9. The largest absolute Gasteiger partial charge is 0.494 e. The summed E-state index contributed by atoms with van der Waals surface area (Å²) in [6, 6.07) is 23.2. The van der Waals surface area contributed by atoms with Crippen molar-refractivity contribution in [3.63, 3.8) is 0 Å². The van der Waals surface area contributed by atoms with Gasteiger partial charge >= 0.3 is 5.97 Å². The quantitative estimate of drug-likeness (QED) is 0.647. The smallest absolute Gasteiger partial charge is 0.335 e. The lowest BCUT2D eigenvalue weighted by atomic mass is 9.99. The van der Waals surface area contributed by atoms with Crippen molar-refractivity contribution in [2.45, 2.75) is 13.3 Å². The van der Waals surface area contributed by atoms with E-state index in [-0.39, 0.29) is 0 Å². The van der Waals surface area contributed by atoms with E-state index >= 15 is 0 Å². The molecule has 3 aromatic rings. The van der Waals surface area contributed by atoms with Gasteiger partial charge in [0.05, 0.1) is 12.2 Å². The van der Waals surface area contributed by atoms with Crippen LogP contribution in [-0.4, -0.2) is 17.7 Å². The van der Waals surface area contributed by atoms with Crippen molar-refractivity contribution in [1.29, 1.82) is 0 Å². The van der Waals surface area contributed by atoms with E-state index in [1.165, 1.54) is 0 Å². The minimum Gasteiger partial charge on any atom is -0.494 e. The van der Waals surface area contributed by atoms with Gasteiger partial charge < -0.3 is 9.84 Å². The molecule has 0 saturated heterocycles. The number of hydrogen-bond acceptors (Lipinski definition) is 2. The summed E-state index contributed by atoms with van der Waals surface area (Å²) < 4.78 is 5.61. The molecule has 0 amide bonds. The van der Waals surface area contributed by atoms with Crippen LogP contribution in [0.15, 0.2) is 72.8 Å². The van der Waals surface area contributed by atoms with Gasteiger partial charge in [0.1, 0.15) is 5.75 Å². The number of carboxylic acids is 1. The highest BCUT2D eigenvalue weighted by molar-refractivity contribution is 5.88. The fourth-order valence-corrected chi connectivity index (χ4v) is 2.62. The van der Waals surface area contributed by atoms with Crippen molar-refractivity contribution in [2.24, 2.45) is 0 Å². The average molecular weight is 332 g/mol. The molecule has 25 heavy (non-hydrogen) atoms. The molecule has 1 N–H and O–H groups in total. The van der Waals surface area contributed by atoms with Crippen LogP contribution in [0, 0.1) is 0 Å². The fourth-order valence-electron chi connectivity index (χ4n) is 2.62. The second-order valence-corrected chi connectivity index (χ2v) is 5.83. The van der Waals surface area contributed by atoms with Crippen LogP contribution in [-0.2, 0) is 0 Å². The van der Waals surface area contributed by atoms with Gasteiger partial charge in [-0.15, -0.1) is 0 Å². The number of benzene rings is 3. The predicted molar refractivity (Wildman–Crippen MR) is 100 cm³/mol. The third-order valence-corrected chi connectivity index (χ3v) is 4.01. The topological polar surface area (TPSA) is 46.5 Å². The Morgan fingerprint density at radius 1 is 0.760 bits per heavy atom. The van der Waals surface area contributed by atoms with Gasteiger partial charge in [0.25, 0.3) is 0 Å². The molecule has 0 radical (unpaired) electrons. The molecule has 3 rings (SSSR count). The molecule has 0 aromatic heterocycles. The Bertz CT molecular complexity index is 832. The van der Waals surface area contributed by atoms with Crippen molar-refractivity contribution in [2.75, 3.05) is 6.61 Å². The van der Waals surface area contributed by atoms with Crippen LogP contribution >= 0.6 is 0 Å². The first-order valence-electron chi connectivity index (χ1n) is 8.34. The molecule has 0 aliphatic carbocycles. The van der Waals surface area contributed by atoms with E-state index < -0.39 is 5.97 Å². The molecular weight excluding hydrogens is 312 g/mol. The number of aromatic carboxylic acids is 1. The highest BCUT2D eigenvalue weighted by Crippen LogP contribution is 2.26. The monoisotopic (exact) mass is 332 g/mol. The van der Waals surface area contributed by atoms with Gasteiger partial charge in [0, 0.05) is 0 Å². The SMILES string of the molecule is CCCOc1ccc(-c2ccc(-c3ccc(C(=O)O)cc3)cc2)cc1. The summed E-state index contributed by atoms with van der Waals surface area (Å²) in [5, 5.41) is 8.97. The second-order valence-electron chi connectivity index (χ2n) is 5.83. The Morgan fingerprint density at radius 2 is 1.16 bits per heavy atom. The van der Waals surface area contributed by atoms with Gasteiger partial charge in [0.2, 0.25) is 0 Å². The third-order valence-electron chi connectivity index (χ3n) is 4.01. The lowest BCUT2D eigenvalue weighted by Crippen LogP contribution is -1.95. The van der Waals surface area contributed by atoms with Crippen LogP contribution in [0.25, 0.3) is 22.3 Å². The van der Waals surface area contributed by atoms with Gasteiger partial charge in [-0.05, 0) is 52.9 Å². The van der Waals surface area contributed by atoms with Crippen molar-refractivity contribution in [3.05, 3.63) is 78.4 Å². The summed E-state index contributed by atoms with van der Waals surface area (Å²) in [7, 11) is 0. The normalized spacial score (nSPS) is 10.4. The van der Waals surface area contributed by atoms with E-state index in [0.717, 1.165) is 41.0 Å². The molecule has 0 fully saturated rings. The Morgan fingerprint density at radius 3 is 1.56 bits per heavy atom. The van der Waals surface area contributed by atoms with Crippen LogP contribution < -0.4 is 4.74 Å². The molecule has 3 aromatic carbocycles. The Hall–Kier alpha value is -3.07. The highest BCUT2D eigenvalue weighted by atomic mass is 16.5. The molecule has 3 nitrogen and oxygen atoms in total. The number of carbonyl (C=O) groups is 1. The van der Waals surface area contributed by atoms with Gasteiger partial charge in [-0.1, -0.05) is 55.5 Å². The second kappa shape index (κ2) is 7.67. The average Bonchev–Trinajstić information content (AvgIpc) is 2.67. The third kappa shape index (κ3) is 4.07. The lowest BCUT2D eigenvalue weighted by molar-refractivity contribution is 0.0697. The molecule has 0 bridgehead atoms. The molecule has 0 aliphatic rings. The summed E-state index contributed by atoms with van der Waals surface area (Å²) in [6.45, 7) is 2.82. The molecule has 3 heteroatoms. The minimum atomic E-state index is -0.909. The highest BCUT2D eigenvalue weighted by Gasteiger charge is 2.04. The predicted octanol–water partition coefficient (Wildman–Crippen LogP) is 5.51. The van der Waals surface area contributed by atoms with Gasteiger partial charge in [-0.3, -0.25) is 0 Å². The summed E-state index contributed by atoms with van der Waals surface area (Å²) in [5.74, 6) is -0.0194. The Balaban J connectivity index is 1.76. The molecule has 0 spiro atoms. The molecule has 126 valence electrons. The van der Waals surface area contributed by atoms with Crippen LogP contribution in [0.5, 0.6) is 5.75 Å². The summed E-state index contributed by atoms with van der Waals surface area (Å²) in [4.78, 5) is 10.9. The number of carboxylic acid groups (broad SMARTS) is 1. The van der Waals surface area contributed by atoms with Crippen LogP contribution in [0.1, 0.15) is 23.7 Å². The van der Waals surface area contributed by atoms with Crippen LogP contribution in [0.3, 0.4) is 0 Å². The van der Waals surface area contributed by atoms with E-state index in [1.54, 1.807) is 12.1 Å². The zero-order valence-corrected chi connectivity index (χ0v) is 14.1. The van der Waals surface area contributed by atoms with Crippen molar-refractivity contribution < 1.29 is 14.6 Å². The summed E-state index contributed by atoms with van der Waals surface area (Å²) >= 11 is 0.